The zero-order chi connectivity index (χ0) is 20.8. The van der Waals surface area contributed by atoms with E-state index in [1.165, 1.54) is 6.07 Å². The fraction of sp³-hybridized carbons (Fsp3) is 0.462. The number of nitriles is 1. The number of nitrogens with zero attached hydrogens (tertiary/aromatic N) is 1. The van der Waals surface area contributed by atoms with Crippen molar-refractivity contribution >= 4 is 11.6 Å². The molecule has 0 aromatic heterocycles. The van der Waals surface area contributed by atoms with Gasteiger partial charge in [-0.25, -0.2) is 0 Å². The Balaban J connectivity index is 3.94. The van der Waals surface area contributed by atoms with Crippen molar-refractivity contribution in [3.63, 3.8) is 0 Å². The second kappa shape index (κ2) is 6.44. The smallest absolute Gasteiger partial charge is 0.195 e. The molecule has 1 aromatic rings. The molecular weight excluding hydrogens is 415 g/mol. The first-order chi connectivity index (χ1) is 11.4. The van der Waals surface area contributed by atoms with E-state index in [-0.39, 0.29) is 6.07 Å². The molecule has 0 fully saturated rings. The quantitative estimate of drug-likeness (QED) is 0.426. The minimum Gasteiger partial charge on any atom is -0.195 e. The molecule has 0 saturated heterocycles. The summed E-state index contributed by atoms with van der Waals surface area (Å²) >= 11 is 4.99. The maximum absolute atomic E-state index is 13.6. The van der Waals surface area contributed by atoms with Crippen LogP contribution < -0.4 is 0 Å². The topological polar surface area (TPSA) is 23.8 Å². The third-order valence-electron chi connectivity index (χ3n) is 3.43. The highest BCUT2D eigenvalue weighted by molar-refractivity contribution is 6.21. The molecule has 0 bridgehead atoms. The number of hydrogen-bond donors (Lipinski definition) is 0. The maximum Gasteiger partial charge on any atom is 0.454 e. The van der Waals surface area contributed by atoms with E-state index in [9.17, 15) is 48.3 Å². The van der Waals surface area contributed by atoms with Crippen LogP contribution in [-0.2, 0) is 0 Å². The summed E-state index contributed by atoms with van der Waals surface area (Å²) < 4.78 is 144. The summed E-state index contributed by atoms with van der Waals surface area (Å²) in [6, 6.07) is 3.48. The van der Waals surface area contributed by atoms with Crippen molar-refractivity contribution in [1.82, 2.24) is 0 Å². The van der Waals surface area contributed by atoms with Gasteiger partial charge >= 0.3 is 24.5 Å². The first kappa shape index (κ1) is 22.3. The predicted octanol–water partition coefficient (Wildman–Crippen LogP) is 6.15. The SMILES string of the molecule is N#Cc1cccc(C(Cl)C(C(F)(F)F)(C(F)(F)F)C(F)(F)C(F)(F)F)c1. The Kier molecular flexibility index (Phi) is 5.51. The van der Waals surface area contributed by atoms with Crippen LogP contribution in [0.3, 0.4) is 0 Å². The van der Waals surface area contributed by atoms with Crippen molar-refractivity contribution in [2.75, 3.05) is 0 Å². The summed E-state index contributed by atoms with van der Waals surface area (Å²) in [4.78, 5) is 0. The Morgan fingerprint density at radius 2 is 1.27 bits per heavy atom. The highest BCUT2D eigenvalue weighted by Crippen LogP contribution is 2.69. The van der Waals surface area contributed by atoms with Gasteiger partial charge in [-0.15, -0.1) is 11.6 Å². The number of halogens is 12. The van der Waals surface area contributed by atoms with Gasteiger partial charge in [0.1, 0.15) is 0 Å². The van der Waals surface area contributed by atoms with Crippen LogP contribution >= 0.6 is 11.6 Å². The molecule has 146 valence electrons. The lowest BCUT2D eigenvalue weighted by atomic mass is 9.73. The van der Waals surface area contributed by atoms with Gasteiger partial charge in [-0.2, -0.15) is 53.6 Å². The third-order valence-corrected chi connectivity index (χ3v) is 4.01. The van der Waals surface area contributed by atoms with Gasteiger partial charge in [0.2, 0.25) is 0 Å². The van der Waals surface area contributed by atoms with Gasteiger partial charge in [-0.05, 0) is 17.7 Å². The Hall–Kier alpha value is -1.77. The summed E-state index contributed by atoms with van der Waals surface area (Å²) in [5.74, 6) is -7.33. The Labute approximate surface area is 143 Å². The number of hydrogen-bond acceptors (Lipinski definition) is 1. The molecule has 1 atom stereocenters. The Morgan fingerprint density at radius 3 is 1.62 bits per heavy atom. The Morgan fingerprint density at radius 1 is 0.808 bits per heavy atom. The van der Waals surface area contributed by atoms with Crippen LogP contribution in [0, 0.1) is 16.7 Å². The van der Waals surface area contributed by atoms with E-state index >= 15 is 0 Å². The molecule has 1 unspecified atom stereocenters. The van der Waals surface area contributed by atoms with Crippen LogP contribution in [0.2, 0.25) is 0 Å². The minimum atomic E-state index is -7.33. The van der Waals surface area contributed by atoms with E-state index in [0.29, 0.717) is 12.1 Å². The van der Waals surface area contributed by atoms with E-state index < -0.39 is 46.4 Å². The number of benzene rings is 1. The lowest BCUT2D eigenvalue weighted by molar-refractivity contribution is -0.449. The molecule has 0 spiro atoms. The van der Waals surface area contributed by atoms with Gasteiger partial charge in [-0.1, -0.05) is 12.1 Å². The van der Waals surface area contributed by atoms with Crippen LogP contribution in [0.4, 0.5) is 48.3 Å². The normalized spacial score (nSPS) is 15.5. The summed E-state index contributed by atoms with van der Waals surface area (Å²) in [7, 11) is 0. The standard InChI is InChI=1S/C13H5ClF11N/c14-8(7-3-1-2-6(4-7)5-26)9(11(17,18)19,12(20,21)22)10(15,16)13(23,24)25/h1-4,8H. The first-order valence-corrected chi connectivity index (χ1v) is 6.61. The van der Waals surface area contributed by atoms with Crippen molar-refractivity contribution in [3.05, 3.63) is 35.4 Å². The molecule has 0 saturated carbocycles. The third kappa shape index (κ3) is 3.17. The zero-order valence-corrected chi connectivity index (χ0v) is 12.6. The summed E-state index contributed by atoms with van der Waals surface area (Å²) in [6.07, 6.45) is -21.5. The first-order valence-electron chi connectivity index (χ1n) is 6.17. The van der Waals surface area contributed by atoms with Gasteiger partial charge in [0.05, 0.1) is 17.0 Å². The molecule has 0 radical (unpaired) electrons. The number of alkyl halides is 12. The van der Waals surface area contributed by atoms with Crippen LogP contribution in [0.25, 0.3) is 0 Å². The molecular formula is C13H5ClF11N. The van der Waals surface area contributed by atoms with Gasteiger partial charge in [-0.3, -0.25) is 0 Å². The largest absolute Gasteiger partial charge is 0.454 e. The second-order valence-corrected chi connectivity index (χ2v) is 5.41. The average molecular weight is 420 g/mol. The average Bonchev–Trinajstić information content (AvgIpc) is 2.43. The van der Waals surface area contributed by atoms with Crippen LogP contribution in [-0.4, -0.2) is 24.5 Å². The Bertz CT molecular complexity index is 682. The molecule has 26 heavy (non-hydrogen) atoms. The van der Waals surface area contributed by atoms with Crippen molar-refractivity contribution < 1.29 is 48.3 Å². The molecule has 0 heterocycles. The van der Waals surface area contributed by atoms with Crippen molar-refractivity contribution in [1.29, 1.82) is 5.26 Å². The van der Waals surface area contributed by atoms with Crippen molar-refractivity contribution in [2.24, 2.45) is 5.41 Å². The molecule has 0 aliphatic rings. The highest BCUT2D eigenvalue weighted by Gasteiger charge is 2.91. The molecule has 1 rings (SSSR count). The summed E-state index contributed by atoms with van der Waals surface area (Å²) in [6.45, 7) is 0. The van der Waals surface area contributed by atoms with Gasteiger partial charge in [0.25, 0.3) is 5.41 Å². The van der Waals surface area contributed by atoms with E-state index in [1.807, 2.05) is 0 Å². The molecule has 0 aliphatic carbocycles. The molecule has 13 heteroatoms. The molecule has 1 aromatic carbocycles. The van der Waals surface area contributed by atoms with Crippen LogP contribution in [0.5, 0.6) is 0 Å². The van der Waals surface area contributed by atoms with Gasteiger partial charge in [0.15, 0.2) is 0 Å². The van der Waals surface area contributed by atoms with Gasteiger partial charge in [0, 0.05) is 0 Å². The zero-order valence-electron chi connectivity index (χ0n) is 11.9. The van der Waals surface area contributed by atoms with Crippen molar-refractivity contribution in [3.8, 4) is 6.07 Å². The minimum absolute atomic E-state index is 0.260. The lowest BCUT2D eigenvalue weighted by Gasteiger charge is -2.45. The molecule has 0 amide bonds. The van der Waals surface area contributed by atoms with E-state index in [1.54, 1.807) is 0 Å². The predicted molar refractivity (Wildman–Crippen MR) is 65.3 cm³/mol. The van der Waals surface area contributed by atoms with Crippen LogP contribution in [0.1, 0.15) is 16.5 Å². The van der Waals surface area contributed by atoms with E-state index in [2.05, 4.69) is 0 Å². The second-order valence-electron chi connectivity index (χ2n) is 4.98. The monoisotopic (exact) mass is 419 g/mol. The fourth-order valence-corrected chi connectivity index (χ4v) is 2.72. The molecule has 1 nitrogen and oxygen atoms in total. The maximum atomic E-state index is 13.6. The number of rotatable bonds is 3. The molecule has 0 aliphatic heterocycles. The van der Waals surface area contributed by atoms with Gasteiger partial charge < -0.3 is 0 Å². The fourth-order valence-electron chi connectivity index (χ4n) is 2.20. The van der Waals surface area contributed by atoms with Crippen LogP contribution in [0.15, 0.2) is 24.3 Å². The lowest BCUT2D eigenvalue weighted by Crippen LogP contribution is -2.68. The molecule has 0 N–H and O–H groups in total. The summed E-state index contributed by atoms with van der Waals surface area (Å²) in [5.41, 5.74) is -8.67. The van der Waals surface area contributed by atoms with E-state index in [4.69, 9.17) is 16.9 Å². The van der Waals surface area contributed by atoms with E-state index in [0.717, 1.165) is 6.07 Å². The van der Waals surface area contributed by atoms with Crippen molar-refractivity contribution in [2.45, 2.75) is 29.8 Å². The highest BCUT2D eigenvalue weighted by atomic mass is 35.5. The summed E-state index contributed by atoms with van der Waals surface area (Å²) in [5, 5.41) is 4.65.